The SMILES string of the molecule is COc1cc(/C=N\Nc2nccs2)cc([N+](=O)[O-])c1OC(C)C. The molecule has 1 aromatic heterocycles. The number of aromatic nitrogens is 1. The van der Waals surface area contributed by atoms with Gasteiger partial charge in [0.05, 0.1) is 24.4 Å². The normalized spacial score (nSPS) is 11.0. The summed E-state index contributed by atoms with van der Waals surface area (Å²) in [6, 6.07) is 3.00. The van der Waals surface area contributed by atoms with Crippen molar-refractivity contribution >= 4 is 28.4 Å². The number of methoxy groups -OCH3 is 1. The van der Waals surface area contributed by atoms with Gasteiger partial charge in [-0.3, -0.25) is 15.5 Å². The van der Waals surface area contributed by atoms with E-state index in [-0.39, 0.29) is 23.3 Å². The number of nitrogens with zero attached hydrogens (tertiary/aromatic N) is 3. The Morgan fingerprint density at radius 2 is 2.26 bits per heavy atom. The lowest BCUT2D eigenvalue weighted by Crippen LogP contribution is -2.09. The zero-order valence-electron chi connectivity index (χ0n) is 12.8. The zero-order chi connectivity index (χ0) is 16.8. The van der Waals surface area contributed by atoms with Crippen molar-refractivity contribution in [3.8, 4) is 11.5 Å². The van der Waals surface area contributed by atoms with Crippen LogP contribution in [0.1, 0.15) is 19.4 Å². The molecule has 0 atom stereocenters. The molecule has 2 aromatic rings. The number of nitro groups is 1. The summed E-state index contributed by atoms with van der Waals surface area (Å²) in [6.45, 7) is 3.58. The number of nitrogens with one attached hydrogen (secondary N) is 1. The zero-order valence-corrected chi connectivity index (χ0v) is 13.7. The van der Waals surface area contributed by atoms with E-state index in [1.54, 1.807) is 26.1 Å². The molecule has 0 radical (unpaired) electrons. The lowest BCUT2D eigenvalue weighted by molar-refractivity contribution is -0.386. The fourth-order valence-corrected chi connectivity index (χ4v) is 2.24. The quantitative estimate of drug-likeness (QED) is 0.473. The van der Waals surface area contributed by atoms with Gasteiger partial charge in [-0.2, -0.15) is 5.10 Å². The van der Waals surface area contributed by atoms with Crippen LogP contribution < -0.4 is 14.9 Å². The Kier molecular flexibility index (Phi) is 5.47. The summed E-state index contributed by atoms with van der Waals surface area (Å²) in [7, 11) is 1.43. The summed E-state index contributed by atoms with van der Waals surface area (Å²) in [5, 5.41) is 17.7. The van der Waals surface area contributed by atoms with E-state index in [0.29, 0.717) is 10.7 Å². The molecule has 9 heteroatoms. The summed E-state index contributed by atoms with van der Waals surface area (Å²) >= 11 is 1.39. The average molecular weight is 336 g/mol. The molecule has 8 nitrogen and oxygen atoms in total. The van der Waals surface area contributed by atoms with E-state index in [9.17, 15) is 10.1 Å². The van der Waals surface area contributed by atoms with E-state index in [1.807, 2.05) is 5.38 Å². The third-order valence-electron chi connectivity index (χ3n) is 2.63. The molecule has 23 heavy (non-hydrogen) atoms. The van der Waals surface area contributed by atoms with Crippen LogP contribution in [0, 0.1) is 10.1 Å². The highest BCUT2D eigenvalue weighted by molar-refractivity contribution is 7.13. The minimum atomic E-state index is -0.508. The fraction of sp³-hybridized carbons (Fsp3) is 0.286. The summed E-state index contributed by atoms with van der Waals surface area (Å²) in [5.41, 5.74) is 3.08. The van der Waals surface area contributed by atoms with Gasteiger partial charge in [0.15, 0.2) is 5.75 Å². The molecule has 0 aliphatic carbocycles. The number of thiazole rings is 1. The molecule has 1 N–H and O–H groups in total. The highest BCUT2D eigenvalue weighted by atomic mass is 32.1. The summed E-state index contributed by atoms with van der Waals surface area (Å²) in [4.78, 5) is 14.8. The van der Waals surface area contributed by atoms with Gasteiger partial charge in [-0.1, -0.05) is 0 Å². The van der Waals surface area contributed by atoms with Crippen LogP contribution in [0.15, 0.2) is 28.8 Å². The average Bonchev–Trinajstić information content (AvgIpc) is 3.00. The monoisotopic (exact) mass is 336 g/mol. The van der Waals surface area contributed by atoms with Crippen molar-refractivity contribution in [2.24, 2.45) is 5.10 Å². The van der Waals surface area contributed by atoms with Gasteiger partial charge < -0.3 is 9.47 Å². The fourth-order valence-electron chi connectivity index (χ4n) is 1.76. The second kappa shape index (κ2) is 7.54. The van der Waals surface area contributed by atoms with Gasteiger partial charge in [0.2, 0.25) is 10.9 Å². The van der Waals surface area contributed by atoms with Crippen LogP contribution in [-0.2, 0) is 0 Å². The molecule has 0 amide bonds. The first kappa shape index (κ1) is 16.7. The molecule has 0 bridgehead atoms. The number of nitro benzene ring substituents is 1. The van der Waals surface area contributed by atoms with Gasteiger partial charge >= 0.3 is 5.69 Å². The third kappa shape index (κ3) is 4.39. The van der Waals surface area contributed by atoms with Crippen LogP contribution in [0.3, 0.4) is 0 Å². The summed E-state index contributed by atoms with van der Waals surface area (Å²) in [5.74, 6) is 0.390. The molecule has 0 spiro atoms. The smallest absolute Gasteiger partial charge is 0.315 e. The first-order chi connectivity index (χ1) is 11.0. The Hall–Kier alpha value is -2.68. The molecule has 2 rings (SSSR count). The van der Waals surface area contributed by atoms with Gasteiger partial charge in [-0.25, -0.2) is 4.98 Å². The number of ether oxygens (including phenoxy) is 2. The molecule has 1 heterocycles. The van der Waals surface area contributed by atoms with E-state index in [0.717, 1.165) is 0 Å². The Balaban J connectivity index is 2.31. The third-order valence-corrected chi connectivity index (χ3v) is 3.31. The van der Waals surface area contributed by atoms with Crippen molar-refractivity contribution in [3.05, 3.63) is 39.4 Å². The molecule has 122 valence electrons. The largest absolute Gasteiger partial charge is 0.493 e. The Labute approximate surface area is 136 Å². The van der Waals surface area contributed by atoms with E-state index in [4.69, 9.17) is 9.47 Å². The first-order valence-electron chi connectivity index (χ1n) is 6.73. The lowest BCUT2D eigenvalue weighted by atomic mass is 10.2. The number of rotatable bonds is 7. The molecular formula is C14H16N4O4S. The van der Waals surface area contributed by atoms with Crippen LogP contribution in [0.5, 0.6) is 11.5 Å². The number of hydrogen-bond acceptors (Lipinski definition) is 8. The van der Waals surface area contributed by atoms with Crippen molar-refractivity contribution in [2.75, 3.05) is 12.5 Å². The molecule has 0 saturated heterocycles. The van der Waals surface area contributed by atoms with E-state index in [2.05, 4.69) is 15.5 Å². The molecule has 0 saturated carbocycles. The maximum absolute atomic E-state index is 11.3. The number of hydrogen-bond donors (Lipinski definition) is 1. The minimum absolute atomic E-state index is 0.109. The molecule has 0 unspecified atom stereocenters. The van der Waals surface area contributed by atoms with Crippen molar-refractivity contribution in [3.63, 3.8) is 0 Å². The molecule has 0 fully saturated rings. The summed E-state index contributed by atoms with van der Waals surface area (Å²) in [6.07, 6.45) is 2.89. The van der Waals surface area contributed by atoms with Crippen LogP contribution in [-0.4, -0.2) is 29.3 Å². The molecular weight excluding hydrogens is 320 g/mol. The predicted molar refractivity (Wildman–Crippen MR) is 88.7 cm³/mol. The Bertz CT molecular complexity index is 701. The number of hydrazone groups is 1. The van der Waals surface area contributed by atoms with Gasteiger partial charge in [-0.05, 0) is 19.9 Å². The highest BCUT2D eigenvalue weighted by Gasteiger charge is 2.22. The number of benzene rings is 1. The topological polar surface area (TPSA) is 98.9 Å². The van der Waals surface area contributed by atoms with Crippen LogP contribution in [0.2, 0.25) is 0 Å². The standard InChI is InChI=1S/C14H16N4O4S/c1-9(2)22-13-11(18(19)20)6-10(7-12(13)21-3)8-16-17-14-15-4-5-23-14/h4-9H,1-3H3,(H,15,17)/b16-8-. The van der Waals surface area contributed by atoms with Crippen molar-refractivity contribution in [2.45, 2.75) is 20.0 Å². The van der Waals surface area contributed by atoms with Gasteiger partial charge in [0, 0.05) is 23.2 Å². The Morgan fingerprint density at radius 1 is 1.48 bits per heavy atom. The molecule has 0 aliphatic rings. The maximum Gasteiger partial charge on any atom is 0.315 e. The van der Waals surface area contributed by atoms with Crippen molar-refractivity contribution in [1.29, 1.82) is 0 Å². The Morgan fingerprint density at radius 3 is 2.83 bits per heavy atom. The maximum atomic E-state index is 11.3. The van der Waals surface area contributed by atoms with Crippen molar-refractivity contribution < 1.29 is 14.4 Å². The van der Waals surface area contributed by atoms with Crippen molar-refractivity contribution in [1.82, 2.24) is 4.98 Å². The van der Waals surface area contributed by atoms with Crippen LogP contribution >= 0.6 is 11.3 Å². The molecule has 0 aliphatic heterocycles. The molecule has 1 aromatic carbocycles. The first-order valence-corrected chi connectivity index (χ1v) is 7.61. The van der Waals surface area contributed by atoms with E-state index in [1.165, 1.54) is 30.7 Å². The highest BCUT2D eigenvalue weighted by Crippen LogP contribution is 2.38. The minimum Gasteiger partial charge on any atom is -0.493 e. The number of anilines is 1. The van der Waals surface area contributed by atoms with Gasteiger partial charge in [0.25, 0.3) is 0 Å². The van der Waals surface area contributed by atoms with Gasteiger partial charge in [-0.15, -0.1) is 11.3 Å². The van der Waals surface area contributed by atoms with E-state index >= 15 is 0 Å². The second-order valence-corrected chi connectivity index (χ2v) is 5.60. The van der Waals surface area contributed by atoms with Crippen LogP contribution in [0.4, 0.5) is 10.8 Å². The predicted octanol–water partition coefficient (Wildman–Crippen LogP) is 3.29. The van der Waals surface area contributed by atoms with Gasteiger partial charge in [0.1, 0.15) is 0 Å². The summed E-state index contributed by atoms with van der Waals surface area (Å²) < 4.78 is 10.7. The lowest BCUT2D eigenvalue weighted by Gasteiger charge is -2.14. The second-order valence-electron chi connectivity index (χ2n) is 4.70. The van der Waals surface area contributed by atoms with Crippen LogP contribution in [0.25, 0.3) is 0 Å². The van der Waals surface area contributed by atoms with E-state index < -0.39 is 4.92 Å².